The monoisotopic (exact) mass is 317 g/mol. The fourth-order valence-corrected chi connectivity index (χ4v) is 2.18. The normalized spacial score (nSPS) is 25.1. The lowest BCUT2D eigenvalue weighted by Crippen LogP contribution is -2.57. The van der Waals surface area contributed by atoms with Crippen LogP contribution in [0, 0.1) is 0 Å². The molecule has 5 nitrogen and oxygen atoms in total. The summed E-state index contributed by atoms with van der Waals surface area (Å²) in [6, 6.07) is 7.86. The molecule has 1 aromatic carbocycles. The van der Waals surface area contributed by atoms with Gasteiger partial charge in [0.25, 0.3) is 5.54 Å². The standard InChI is InChI=1S/C14H14F3NO4/c1-21-12(20)13(14(15,16)17)7-10(8-19)22-11(18-13)9-5-3-2-4-6-9/h2-6,10,19H,7-8H2,1H3/t10-,13-/m0/s1. The zero-order valence-corrected chi connectivity index (χ0v) is 11.6. The minimum absolute atomic E-state index is 0.276. The molecule has 1 aromatic rings. The maximum atomic E-state index is 13.5. The maximum absolute atomic E-state index is 13.5. The van der Waals surface area contributed by atoms with E-state index >= 15 is 0 Å². The second kappa shape index (κ2) is 5.96. The number of methoxy groups -OCH3 is 1. The van der Waals surface area contributed by atoms with Gasteiger partial charge in [-0.2, -0.15) is 13.2 Å². The van der Waals surface area contributed by atoms with E-state index in [2.05, 4.69) is 9.73 Å². The molecule has 8 heteroatoms. The molecule has 0 bridgehead atoms. The molecule has 0 aromatic heterocycles. The van der Waals surface area contributed by atoms with Crippen LogP contribution in [0.15, 0.2) is 35.3 Å². The highest BCUT2D eigenvalue weighted by atomic mass is 19.4. The van der Waals surface area contributed by atoms with Crippen LogP contribution < -0.4 is 0 Å². The molecule has 0 saturated carbocycles. The van der Waals surface area contributed by atoms with Gasteiger partial charge in [0.05, 0.1) is 13.7 Å². The van der Waals surface area contributed by atoms with E-state index in [9.17, 15) is 23.1 Å². The number of benzene rings is 1. The van der Waals surface area contributed by atoms with Crippen molar-refractivity contribution in [1.82, 2.24) is 0 Å². The summed E-state index contributed by atoms with van der Waals surface area (Å²) < 4.78 is 50.0. The first-order valence-corrected chi connectivity index (χ1v) is 6.42. The van der Waals surface area contributed by atoms with Gasteiger partial charge < -0.3 is 14.6 Å². The Morgan fingerprint density at radius 2 is 2.09 bits per heavy atom. The van der Waals surface area contributed by atoms with E-state index < -0.39 is 36.8 Å². The van der Waals surface area contributed by atoms with Crippen molar-refractivity contribution in [2.24, 2.45) is 4.99 Å². The number of hydrogen-bond acceptors (Lipinski definition) is 5. The average molecular weight is 317 g/mol. The zero-order valence-electron chi connectivity index (χ0n) is 11.6. The third kappa shape index (κ3) is 2.78. The average Bonchev–Trinajstić information content (AvgIpc) is 2.53. The Balaban J connectivity index is 2.58. The molecule has 22 heavy (non-hydrogen) atoms. The van der Waals surface area contributed by atoms with E-state index in [1.54, 1.807) is 18.2 Å². The Labute approximate surface area is 124 Å². The summed E-state index contributed by atoms with van der Waals surface area (Å²) in [6.45, 7) is -0.680. The fraction of sp³-hybridized carbons (Fsp3) is 0.429. The number of halogens is 3. The van der Waals surface area contributed by atoms with Crippen molar-refractivity contribution >= 4 is 11.9 Å². The van der Waals surface area contributed by atoms with E-state index in [1.165, 1.54) is 12.1 Å². The van der Waals surface area contributed by atoms with Gasteiger partial charge in [0.15, 0.2) is 0 Å². The van der Waals surface area contributed by atoms with Crippen LogP contribution >= 0.6 is 0 Å². The van der Waals surface area contributed by atoms with Crippen molar-refractivity contribution in [3.8, 4) is 0 Å². The molecule has 0 fully saturated rings. The number of rotatable bonds is 3. The molecule has 2 rings (SSSR count). The lowest BCUT2D eigenvalue weighted by molar-refractivity contribution is -0.212. The SMILES string of the molecule is COC(=O)[C@]1(C(F)(F)F)C[C@@H](CO)OC(c2ccccc2)=N1. The number of hydrogen-bond donors (Lipinski definition) is 1. The molecule has 120 valence electrons. The number of aliphatic hydroxyl groups excluding tert-OH is 1. The fourth-order valence-electron chi connectivity index (χ4n) is 2.18. The topological polar surface area (TPSA) is 68.1 Å². The summed E-state index contributed by atoms with van der Waals surface area (Å²) in [5.41, 5.74) is -2.81. The minimum Gasteiger partial charge on any atom is -0.472 e. The van der Waals surface area contributed by atoms with Gasteiger partial charge in [0.2, 0.25) is 5.90 Å². The van der Waals surface area contributed by atoms with E-state index in [4.69, 9.17) is 4.74 Å². The van der Waals surface area contributed by atoms with Crippen LogP contribution in [0.25, 0.3) is 0 Å². The van der Waals surface area contributed by atoms with Gasteiger partial charge in [-0.25, -0.2) is 9.79 Å². The van der Waals surface area contributed by atoms with Gasteiger partial charge in [0, 0.05) is 12.0 Å². The molecule has 0 unspecified atom stereocenters. The van der Waals surface area contributed by atoms with Crippen molar-refractivity contribution in [2.75, 3.05) is 13.7 Å². The second-order valence-electron chi connectivity index (χ2n) is 4.76. The molecule has 0 spiro atoms. The highest BCUT2D eigenvalue weighted by molar-refractivity contribution is 5.98. The van der Waals surface area contributed by atoms with Gasteiger partial charge in [-0.15, -0.1) is 0 Å². The van der Waals surface area contributed by atoms with Crippen molar-refractivity contribution in [2.45, 2.75) is 24.2 Å². The minimum atomic E-state index is -4.97. The Morgan fingerprint density at radius 1 is 1.45 bits per heavy atom. The van der Waals surface area contributed by atoms with Gasteiger partial charge >= 0.3 is 12.1 Å². The number of alkyl halides is 3. The van der Waals surface area contributed by atoms with Gasteiger partial charge in [-0.1, -0.05) is 18.2 Å². The van der Waals surface area contributed by atoms with E-state index in [0.29, 0.717) is 0 Å². The number of nitrogens with zero attached hydrogens (tertiary/aromatic N) is 1. The van der Waals surface area contributed by atoms with Gasteiger partial charge in [0.1, 0.15) is 6.10 Å². The van der Waals surface area contributed by atoms with Crippen LogP contribution in [-0.4, -0.2) is 48.5 Å². The molecular formula is C14H14F3NO4. The van der Waals surface area contributed by atoms with Crippen molar-refractivity contribution in [3.63, 3.8) is 0 Å². The van der Waals surface area contributed by atoms with Crippen molar-refractivity contribution in [3.05, 3.63) is 35.9 Å². The van der Waals surface area contributed by atoms with Crippen LogP contribution in [-0.2, 0) is 14.3 Å². The predicted molar refractivity (Wildman–Crippen MR) is 70.4 cm³/mol. The Bertz CT molecular complexity index is 573. The number of carbonyl (C=O) groups is 1. The Kier molecular flexibility index (Phi) is 4.41. The highest BCUT2D eigenvalue weighted by Gasteiger charge is 2.64. The molecule has 1 N–H and O–H groups in total. The summed E-state index contributed by atoms with van der Waals surface area (Å²) >= 11 is 0. The van der Waals surface area contributed by atoms with Crippen LogP contribution in [0.5, 0.6) is 0 Å². The quantitative estimate of drug-likeness (QED) is 0.862. The van der Waals surface area contributed by atoms with Crippen molar-refractivity contribution in [1.29, 1.82) is 0 Å². The summed E-state index contributed by atoms with van der Waals surface area (Å²) in [7, 11) is 0.858. The third-order valence-corrected chi connectivity index (χ3v) is 3.31. The molecule has 1 aliphatic rings. The smallest absolute Gasteiger partial charge is 0.424 e. The number of aliphatic hydroxyl groups is 1. The van der Waals surface area contributed by atoms with Gasteiger partial charge in [-0.05, 0) is 12.1 Å². The maximum Gasteiger partial charge on any atom is 0.424 e. The Hall–Kier alpha value is -2.09. The third-order valence-electron chi connectivity index (χ3n) is 3.31. The molecule has 2 atom stereocenters. The first kappa shape index (κ1) is 16.3. The molecule has 1 aliphatic heterocycles. The predicted octanol–water partition coefficient (Wildman–Crippen LogP) is 1.69. The molecule has 0 radical (unpaired) electrons. The lowest BCUT2D eigenvalue weighted by atomic mass is 9.90. The first-order chi connectivity index (χ1) is 10.3. The first-order valence-electron chi connectivity index (χ1n) is 6.42. The van der Waals surface area contributed by atoms with E-state index in [1.807, 2.05) is 0 Å². The summed E-state index contributed by atoms with van der Waals surface area (Å²) in [4.78, 5) is 15.3. The van der Waals surface area contributed by atoms with Crippen LogP contribution in [0.1, 0.15) is 12.0 Å². The highest BCUT2D eigenvalue weighted by Crippen LogP contribution is 2.42. The summed E-state index contributed by atoms with van der Waals surface area (Å²) in [5, 5.41) is 9.21. The summed E-state index contributed by atoms with van der Waals surface area (Å²) in [5.74, 6) is -1.89. The largest absolute Gasteiger partial charge is 0.472 e. The van der Waals surface area contributed by atoms with Crippen LogP contribution in [0.2, 0.25) is 0 Å². The van der Waals surface area contributed by atoms with Crippen LogP contribution in [0.4, 0.5) is 13.2 Å². The number of esters is 1. The molecule has 1 heterocycles. The number of carbonyl (C=O) groups excluding carboxylic acids is 1. The van der Waals surface area contributed by atoms with Crippen LogP contribution in [0.3, 0.4) is 0 Å². The van der Waals surface area contributed by atoms with E-state index in [-0.39, 0.29) is 11.5 Å². The number of aliphatic imine (C=N–C) groups is 1. The van der Waals surface area contributed by atoms with Gasteiger partial charge in [-0.3, -0.25) is 0 Å². The summed E-state index contributed by atoms with van der Waals surface area (Å²) in [6.07, 6.45) is -7.03. The zero-order chi connectivity index (χ0) is 16.4. The lowest BCUT2D eigenvalue weighted by Gasteiger charge is -2.36. The number of ether oxygens (including phenoxy) is 2. The molecule has 0 aliphatic carbocycles. The molecular weight excluding hydrogens is 303 g/mol. The Morgan fingerprint density at radius 3 is 2.59 bits per heavy atom. The van der Waals surface area contributed by atoms with E-state index in [0.717, 1.165) is 7.11 Å². The molecule has 0 amide bonds. The molecule has 0 saturated heterocycles. The second-order valence-corrected chi connectivity index (χ2v) is 4.76. The van der Waals surface area contributed by atoms with Crippen molar-refractivity contribution < 1.29 is 32.5 Å².